The Hall–Kier alpha value is -1.84. The summed E-state index contributed by atoms with van der Waals surface area (Å²) in [6.07, 6.45) is 0.656. The zero-order chi connectivity index (χ0) is 14.4. The molecule has 0 aliphatic rings. The molecule has 4 heteroatoms. The first-order chi connectivity index (χ1) is 9.03. The van der Waals surface area contributed by atoms with Gasteiger partial charge in [0.05, 0.1) is 26.2 Å². The van der Waals surface area contributed by atoms with E-state index in [4.69, 9.17) is 9.47 Å². The van der Waals surface area contributed by atoms with E-state index in [0.717, 1.165) is 6.42 Å². The van der Waals surface area contributed by atoms with Crippen molar-refractivity contribution in [1.29, 1.82) is 0 Å². The van der Waals surface area contributed by atoms with Crippen molar-refractivity contribution < 1.29 is 19.1 Å². The third-order valence-electron chi connectivity index (χ3n) is 3.21. The van der Waals surface area contributed by atoms with Gasteiger partial charge in [0, 0.05) is 12.0 Å². The molecule has 1 unspecified atom stereocenters. The van der Waals surface area contributed by atoms with Gasteiger partial charge in [-0.05, 0) is 18.6 Å². The molecule has 0 spiro atoms. The molecule has 0 aromatic heterocycles. The van der Waals surface area contributed by atoms with E-state index in [0.29, 0.717) is 17.1 Å². The molecule has 1 aromatic rings. The second-order valence-electron chi connectivity index (χ2n) is 4.44. The summed E-state index contributed by atoms with van der Waals surface area (Å²) in [5, 5.41) is 0. The molecule has 1 rings (SSSR count). The predicted molar refractivity (Wildman–Crippen MR) is 73.0 cm³/mol. The van der Waals surface area contributed by atoms with E-state index in [1.807, 2.05) is 13.8 Å². The molecule has 0 aliphatic heterocycles. The molecule has 104 valence electrons. The molecule has 1 aromatic carbocycles. The summed E-state index contributed by atoms with van der Waals surface area (Å²) in [5.74, 6) is 0.700. The maximum atomic E-state index is 12.1. The minimum Gasteiger partial charge on any atom is -0.497 e. The van der Waals surface area contributed by atoms with Gasteiger partial charge >= 0.3 is 0 Å². The van der Waals surface area contributed by atoms with Gasteiger partial charge in [0.25, 0.3) is 0 Å². The second-order valence-corrected chi connectivity index (χ2v) is 4.44. The van der Waals surface area contributed by atoms with Gasteiger partial charge in [-0.3, -0.25) is 9.59 Å². The van der Waals surface area contributed by atoms with Crippen LogP contribution in [-0.2, 0) is 4.79 Å². The largest absolute Gasteiger partial charge is 0.497 e. The molecule has 0 N–H and O–H groups in total. The number of hydrogen-bond donors (Lipinski definition) is 0. The van der Waals surface area contributed by atoms with E-state index >= 15 is 0 Å². The molecule has 0 bridgehead atoms. The van der Waals surface area contributed by atoms with Crippen LogP contribution in [0, 0.1) is 5.92 Å². The van der Waals surface area contributed by atoms with E-state index in [9.17, 15) is 9.59 Å². The predicted octanol–water partition coefficient (Wildman–Crippen LogP) is 2.89. The van der Waals surface area contributed by atoms with Crippen LogP contribution >= 0.6 is 0 Å². The second kappa shape index (κ2) is 6.92. The van der Waals surface area contributed by atoms with E-state index in [-0.39, 0.29) is 23.9 Å². The van der Waals surface area contributed by atoms with Gasteiger partial charge in [0.15, 0.2) is 5.78 Å². The third kappa shape index (κ3) is 3.81. The van der Waals surface area contributed by atoms with E-state index < -0.39 is 0 Å². The first-order valence-electron chi connectivity index (χ1n) is 6.31. The lowest BCUT2D eigenvalue weighted by Gasteiger charge is -2.10. The SMILES string of the molecule is CCC(C)C(=O)CC(=O)c1ccc(OC)cc1OC. The smallest absolute Gasteiger partial charge is 0.173 e. The topological polar surface area (TPSA) is 52.6 Å². The highest BCUT2D eigenvalue weighted by Crippen LogP contribution is 2.26. The van der Waals surface area contributed by atoms with Gasteiger partial charge in [0.2, 0.25) is 0 Å². The number of ketones is 2. The number of hydrogen-bond acceptors (Lipinski definition) is 4. The van der Waals surface area contributed by atoms with Crippen LogP contribution in [0.4, 0.5) is 0 Å². The summed E-state index contributed by atoms with van der Waals surface area (Å²) in [6.45, 7) is 3.77. The highest BCUT2D eigenvalue weighted by atomic mass is 16.5. The summed E-state index contributed by atoms with van der Waals surface area (Å²) in [5.41, 5.74) is 0.417. The molecule has 0 saturated carbocycles. The van der Waals surface area contributed by atoms with Crippen molar-refractivity contribution in [1.82, 2.24) is 0 Å². The Labute approximate surface area is 113 Å². The third-order valence-corrected chi connectivity index (χ3v) is 3.21. The van der Waals surface area contributed by atoms with Gasteiger partial charge < -0.3 is 9.47 Å². The Bertz CT molecular complexity index is 465. The van der Waals surface area contributed by atoms with Crippen molar-refractivity contribution >= 4 is 11.6 Å². The zero-order valence-electron chi connectivity index (χ0n) is 11.9. The van der Waals surface area contributed by atoms with Crippen molar-refractivity contribution in [3.63, 3.8) is 0 Å². The summed E-state index contributed by atoms with van der Waals surface area (Å²) in [6, 6.07) is 4.95. The number of rotatable bonds is 7. The van der Waals surface area contributed by atoms with Crippen LogP contribution in [0.25, 0.3) is 0 Å². The van der Waals surface area contributed by atoms with Crippen molar-refractivity contribution in [2.45, 2.75) is 26.7 Å². The fourth-order valence-corrected chi connectivity index (χ4v) is 1.68. The minimum absolute atomic E-state index is 0.0367. The lowest BCUT2D eigenvalue weighted by Crippen LogP contribution is -2.15. The summed E-state index contributed by atoms with van der Waals surface area (Å²) < 4.78 is 10.2. The number of benzene rings is 1. The molecule has 0 heterocycles. The van der Waals surface area contributed by atoms with E-state index in [1.165, 1.54) is 7.11 Å². The quantitative estimate of drug-likeness (QED) is 0.561. The highest BCUT2D eigenvalue weighted by molar-refractivity contribution is 6.09. The van der Waals surface area contributed by atoms with Crippen LogP contribution in [0.5, 0.6) is 11.5 Å². The van der Waals surface area contributed by atoms with Crippen molar-refractivity contribution in [2.24, 2.45) is 5.92 Å². The minimum atomic E-state index is -0.218. The van der Waals surface area contributed by atoms with Crippen LogP contribution in [-0.4, -0.2) is 25.8 Å². The van der Waals surface area contributed by atoms with E-state index in [2.05, 4.69) is 0 Å². The molecule has 1 atom stereocenters. The zero-order valence-corrected chi connectivity index (χ0v) is 11.9. The molecular weight excluding hydrogens is 244 g/mol. The van der Waals surface area contributed by atoms with Crippen LogP contribution in [0.1, 0.15) is 37.0 Å². The Balaban J connectivity index is 2.90. The van der Waals surface area contributed by atoms with Crippen LogP contribution < -0.4 is 9.47 Å². The Kier molecular flexibility index (Phi) is 5.55. The van der Waals surface area contributed by atoms with Crippen LogP contribution in [0.3, 0.4) is 0 Å². The molecule has 0 amide bonds. The first-order valence-corrected chi connectivity index (χ1v) is 6.31. The number of carbonyl (C=O) groups excluding carboxylic acids is 2. The van der Waals surface area contributed by atoms with Crippen molar-refractivity contribution in [2.75, 3.05) is 14.2 Å². The van der Waals surface area contributed by atoms with Gasteiger partial charge in [-0.15, -0.1) is 0 Å². The van der Waals surface area contributed by atoms with Gasteiger partial charge in [-0.1, -0.05) is 13.8 Å². The Morgan fingerprint density at radius 3 is 2.42 bits per heavy atom. The standard InChI is InChI=1S/C15H20O4/c1-5-10(2)13(16)9-14(17)12-7-6-11(18-3)8-15(12)19-4/h6-8,10H,5,9H2,1-4H3. The number of carbonyl (C=O) groups is 2. The van der Waals surface area contributed by atoms with Crippen LogP contribution in [0.15, 0.2) is 18.2 Å². The average molecular weight is 264 g/mol. The fourth-order valence-electron chi connectivity index (χ4n) is 1.68. The fraction of sp³-hybridized carbons (Fsp3) is 0.467. The normalized spacial score (nSPS) is 11.8. The molecule has 0 aliphatic carbocycles. The maximum Gasteiger partial charge on any atom is 0.173 e. The van der Waals surface area contributed by atoms with E-state index in [1.54, 1.807) is 25.3 Å². The highest BCUT2D eigenvalue weighted by Gasteiger charge is 2.19. The van der Waals surface area contributed by atoms with Crippen molar-refractivity contribution in [3.8, 4) is 11.5 Å². The maximum absolute atomic E-state index is 12.1. The Morgan fingerprint density at radius 1 is 1.21 bits per heavy atom. The first kappa shape index (κ1) is 15.2. The van der Waals surface area contributed by atoms with Gasteiger partial charge in [-0.2, -0.15) is 0 Å². The molecule has 4 nitrogen and oxygen atoms in total. The summed E-state index contributed by atoms with van der Waals surface area (Å²) in [7, 11) is 3.03. The summed E-state index contributed by atoms with van der Waals surface area (Å²) in [4.78, 5) is 23.9. The Morgan fingerprint density at radius 2 is 1.89 bits per heavy atom. The average Bonchev–Trinajstić information content (AvgIpc) is 2.45. The molecule has 0 saturated heterocycles. The van der Waals surface area contributed by atoms with Gasteiger partial charge in [0.1, 0.15) is 17.3 Å². The monoisotopic (exact) mass is 264 g/mol. The number of ether oxygens (including phenoxy) is 2. The molecule has 19 heavy (non-hydrogen) atoms. The molecule has 0 radical (unpaired) electrons. The number of Topliss-reactive ketones (excluding diaryl/α,β-unsaturated/α-hetero) is 2. The lowest BCUT2D eigenvalue weighted by molar-refractivity contribution is -0.121. The number of methoxy groups -OCH3 is 2. The molecular formula is C15H20O4. The lowest BCUT2D eigenvalue weighted by atomic mass is 9.96. The van der Waals surface area contributed by atoms with Gasteiger partial charge in [-0.25, -0.2) is 0 Å². The van der Waals surface area contributed by atoms with Crippen LogP contribution in [0.2, 0.25) is 0 Å². The molecule has 0 fully saturated rings. The summed E-state index contributed by atoms with van der Waals surface area (Å²) >= 11 is 0. The van der Waals surface area contributed by atoms with Crippen molar-refractivity contribution in [3.05, 3.63) is 23.8 Å².